The minimum atomic E-state index is -1.14. The molecule has 290 valence electrons. The van der Waals surface area contributed by atoms with Crippen molar-refractivity contribution in [2.45, 2.75) is 115 Å². The van der Waals surface area contributed by atoms with Crippen LogP contribution in [0.3, 0.4) is 0 Å². The monoisotopic (exact) mass is 763 g/mol. The van der Waals surface area contributed by atoms with E-state index in [4.69, 9.17) is 26.5 Å². The molecule has 6 rings (SSSR count). The molecular formula is C39H50ClN7O7. The normalized spacial score (nSPS) is 21.1. The highest BCUT2D eigenvalue weighted by molar-refractivity contribution is 6.37. The molecule has 54 heavy (non-hydrogen) atoms. The van der Waals surface area contributed by atoms with E-state index in [1.807, 2.05) is 39.0 Å². The van der Waals surface area contributed by atoms with Crippen LogP contribution in [0, 0.1) is 17.3 Å². The predicted octanol–water partition coefficient (Wildman–Crippen LogP) is 4.55. The number of likely N-dealkylation sites (tertiary alicyclic amines) is 1. The quantitative estimate of drug-likeness (QED) is 0.169. The number of carbonyl (C=O) groups is 5. The van der Waals surface area contributed by atoms with E-state index in [2.05, 4.69) is 25.9 Å². The van der Waals surface area contributed by atoms with Crippen LogP contribution in [0.1, 0.15) is 85.0 Å². The van der Waals surface area contributed by atoms with Crippen molar-refractivity contribution in [1.29, 1.82) is 0 Å². The number of pyridine rings is 1. The van der Waals surface area contributed by atoms with Crippen LogP contribution in [0.25, 0.3) is 11.1 Å². The number of ether oxygens (including phenoxy) is 1. The highest BCUT2D eigenvalue weighted by Gasteiger charge is 2.47. The molecule has 15 heteroatoms. The van der Waals surface area contributed by atoms with Gasteiger partial charge in [-0.3, -0.25) is 24.0 Å². The van der Waals surface area contributed by atoms with Gasteiger partial charge in [-0.05, 0) is 54.7 Å². The van der Waals surface area contributed by atoms with Crippen molar-refractivity contribution < 1.29 is 33.1 Å². The molecule has 3 aromatic rings. The number of amides is 4. The van der Waals surface area contributed by atoms with E-state index in [0.717, 1.165) is 51.4 Å². The number of halogens is 1. The second-order valence-electron chi connectivity index (χ2n) is 15.9. The maximum absolute atomic E-state index is 14.8. The summed E-state index contributed by atoms with van der Waals surface area (Å²) in [5.41, 5.74) is 5.82. The Kier molecular flexibility index (Phi) is 12.1. The number of primary amides is 1. The summed E-state index contributed by atoms with van der Waals surface area (Å²) in [5.74, 6) is -3.12. The van der Waals surface area contributed by atoms with E-state index in [1.54, 1.807) is 18.2 Å². The van der Waals surface area contributed by atoms with Crippen LogP contribution in [0.2, 0.25) is 5.02 Å². The first-order chi connectivity index (χ1) is 25.8. The third-order valence-electron chi connectivity index (χ3n) is 10.9. The number of rotatable bonds is 14. The van der Waals surface area contributed by atoms with E-state index < -0.39 is 59.2 Å². The molecule has 5 atom stereocenters. The van der Waals surface area contributed by atoms with Crippen LogP contribution >= 0.6 is 11.6 Å². The lowest BCUT2D eigenvalue weighted by Crippen LogP contribution is -2.61. The molecule has 1 aliphatic heterocycles. The fraction of sp³-hybridized carbons (Fsp3) is 0.564. The summed E-state index contributed by atoms with van der Waals surface area (Å²) in [4.78, 5) is 78.3. The molecule has 5 N–H and O–H groups in total. The molecule has 3 fully saturated rings. The van der Waals surface area contributed by atoms with Crippen LogP contribution in [0.4, 0.5) is 6.01 Å². The Bertz CT molecular complexity index is 1800. The summed E-state index contributed by atoms with van der Waals surface area (Å²) in [5, 5.41) is 9.47. The first-order valence-electron chi connectivity index (χ1n) is 18.9. The first-order valence-corrected chi connectivity index (χ1v) is 19.3. The van der Waals surface area contributed by atoms with E-state index in [1.165, 1.54) is 11.1 Å². The van der Waals surface area contributed by atoms with Gasteiger partial charge in [0, 0.05) is 18.7 Å². The zero-order valence-corrected chi connectivity index (χ0v) is 31.8. The molecule has 0 bridgehead atoms. The SMILES string of the molecule is CC(C)(C)[C@@H](NC(=O)[C@@H](Nc1nc2ccccc2o1)C1CCCCC1)C(=O)N1C[C@H](Oc2ccc(Cl)cn2)C[C@@H]1C(=O)NC(CC1CCC1)C(=O)C(N)=O. The Morgan fingerprint density at radius 2 is 1.74 bits per heavy atom. The van der Waals surface area contributed by atoms with Crippen LogP contribution in [0.15, 0.2) is 47.0 Å². The van der Waals surface area contributed by atoms with E-state index in [-0.39, 0.29) is 49.0 Å². The number of Topliss-reactive ketones (excluding diaryl/α,β-unsaturated/α-hetero) is 1. The van der Waals surface area contributed by atoms with Gasteiger partial charge in [0.15, 0.2) is 5.58 Å². The molecule has 0 spiro atoms. The van der Waals surface area contributed by atoms with Crippen molar-refractivity contribution in [1.82, 2.24) is 25.5 Å². The number of anilines is 1. The average molecular weight is 764 g/mol. The Morgan fingerprint density at radius 1 is 1.00 bits per heavy atom. The molecule has 3 aliphatic rings. The number of carbonyl (C=O) groups excluding carboxylic acids is 5. The van der Waals surface area contributed by atoms with Gasteiger partial charge in [-0.25, -0.2) is 4.98 Å². The van der Waals surface area contributed by atoms with Crippen LogP contribution < -0.4 is 26.4 Å². The highest BCUT2D eigenvalue weighted by Crippen LogP contribution is 2.33. The zero-order chi connectivity index (χ0) is 38.6. The number of para-hydroxylation sites is 2. The molecular weight excluding hydrogens is 714 g/mol. The second-order valence-corrected chi connectivity index (χ2v) is 16.4. The van der Waals surface area contributed by atoms with Gasteiger partial charge in [-0.2, -0.15) is 4.98 Å². The first kappa shape index (κ1) is 39.0. The van der Waals surface area contributed by atoms with Gasteiger partial charge in [0.05, 0.1) is 17.6 Å². The average Bonchev–Trinajstić information content (AvgIpc) is 3.74. The van der Waals surface area contributed by atoms with Gasteiger partial charge in [0.25, 0.3) is 11.9 Å². The largest absolute Gasteiger partial charge is 0.472 e. The van der Waals surface area contributed by atoms with Crippen molar-refractivity contribution in [3.05, 3.63) is 47.6 Å². The van der Waals surface area contributed by atoms with Gasteiger partial charge in [0.2, 0.25) is 29.4 Å². The van der Waals surface area contributed by atoms with Crippen molar-refractivity contribution >= 4 is 58.1 Å². The van der Waals surface area contributed by atoms with Gasteiger partial charge in [-0.1, -0.05) is 83.0 Å². The highest BCUT2D eigenvalue weighted by atomic mass is 35.5. The molecule has 1 aromatic carbocycles. The molecule has 1 unspecified atom stereocenters. The summed E-state index contributed by atoms with van der Waals surface area (Å²) in [7, 11) is 0. The van der Waals surface area contributed by atoms with Gasteiger partial charge in [0.1, 0.15) is 29.7 Å². The summed E-state index contributed by atoms with van der Waals surface area (Å²) in [6, 6.07) is 6.75. The van der Waals surface area contributed by atoms with Gasteiger partial charge >= 0.3 is 0 Å². The van der Waals surface area contributed by atoms with Crippen LogP contribution in [0.5, 0.6) is 5.88 Å². The maximum atomic E-state index is 14.8. The number of benzene rings is 1. The number of nitrogens with zero attached hydrogens (tertiary/aromatic N) is 3. The lowest BCUT2D eigenvalue weighted by Gasteiger charge is -2.37. The van der Waals surface area contributed by atoms with Crippen LogP contribution in [-0.2, 0) is 24.0 Å². The Labute approximate surface area is 319 Å². The number of aromatic nitrogens is 2. The number of oxazole rings is 1. The third-order valence-corrected chi connectivity index (χ3v) is 11.1. The molecule has 2 saturated carbocycles. The second kappa shape index (κ2) is 16.7. The lowest BCUT2D eigenvalue weighted by atomic mass is 9.80. The van der Waals surface area contributed by atoms with Crippen LogP contribution in [-0.4, -0.2) is 81.1 Å². The number of ketones is 1. The fourth-order valence-corrected chi connectivity index (χ4v) is 7.80. The molecule has 2 aliphatic carbocycles. The Balaban J connectivity index is 1.26. The fourth-order valence-electron chi connectivity index (χ4n) is 7.69. The van der Waals surface area contributed by atoms with Crippen molar-refractivity contribution in [3.63, 3.8) is 0 Å². The number of hydrogen-bond donors (Lipinski definition) is 4. The third kappa shape index (κ3) is 9.31. The summed E-state index contributed by atoms with van der Waals surface area (Å²) < 4.78 is 12.1. The predicted molar refractivity (Wildman–Crippen MR) is 201 cm³/mol. The van der Waals surface area contributed by atoms with E-state index >= 15 is 0 Å². The number of fused-ring (bicyclic) bond motifs is 1. The lowest BCUT2D eigenvalue weighted by molar-refractivity contribution is -0.145. The smallest absolute Gasteiger partial charge is 0.296 e. The molecule has 4 amide bonds. The van der Waals surface area contributed by atoms with Gasteiger partial charge < -0.3 is 35.7 Å². The molecule has 0 radical (unpaired) electrons. The van der Waals surface area contributed by atoms with Crippen molar-refractivity contribution in [2.75, 3.05) is 11.9 Å². The Hall–Kier alpha value is -4.72. The zero-order valence-electron chi connectivity index (χ0n) is 31.0. The minimum Gasteiger partial charge on any atom is -0.472 e. The molecule has 3 heterocycles. The maximum Gasteiger partial charge on any atom is 0.296 e. The van der Waals surface area contributed by atoms with Crippen molar-refractivity contribution in [3.8, 4) is 5.88 Å². The number of nitrogens with two attached hydrogens (primary N) is 1. The summed E-state index contributed by atoms with van der Waals surface area (Å²) in [6.45, 7) is 5.53. The molecule has 1 saturated heterocycles. The summed E-state index contributed by atoms with van der Waals surface area (Å²) >= 11 is 6.03. The molecule has 14 nitrogen and oxygen atoms in total. The number of hydrogen-bond acceptors (Lipinski definition) is 10. The van der Waals surface area contributed by atoms with E-state index in [9.17, 15) is 24.0 Å². The standard InChI is InChI=1S/C39H50ClN7O7/c1-39(2,3)33(46-36(51)31(23-12-5-4-6-13-23)45-38-44-26-14-7-8-15-29(26)54-38)37(52)47-21-25(53-30-17-16-24(40)20-42-30)19-28(47)35(50)43-27(32(48)34(41)49)18-22-10-9-11-22/h7-8,14-17,20,22-23,25,27-28,31,33H,4-6,9-13,18-19,21H2,1-3H3,(H2,41,49)(H,43,50)(H,44,45)(H,46,51)/t25-,27?,28-,31+,33+/m1/s1. The molecule has 2 aromatic heterocycles. The Morgan fingerprint density at radius 3 is 2.37 bits per heavy atom. The number of nitrogens with one attached hydrogen (secondary N) is 3. The topological polar surface area (TPSA) is 199 Å². The minimum absolute atomic E-state index is 0.00601. The van der Waals surface area contributed by atoms with Gasteiger partial charge in [-0.15, -0.1) is 0 Å². The van der Waals surface area contributed by atoms with E-state index in [0.29, 0.717) is 16.1 Å². The van der Waals surface area contributed by atoms with Crippen molar-refractivity contribution in [2.24, 2.45) is 23.0 Å². The summed E-state index contributed by atoms with van der Waals surface area (Å²) in [6.07, 6.45) is 8.54.